The molecule has 0 spiro atoms. The summed E-state index contributed by atoms with van der Waals surface area (Å²) < 4.78 is 4.77. The van der Waals surface area contributed by atoms with Crippen molar-refractivity contribution in [1.82, 2.24) is 19.1 Å². The van der Waals surface area contributed by atoms with Gasteiger partial charge in [0.1, 0.15) is 0 Å². The molecule has 0 radical (unpaired) electrons. The highest BCUT2D eigenvalue weighted by Gasteiger charge is 2.08. The number of imidazole rings is 2. The highest BCUT2D eigenvalue weighted by atomic mass is 35.5. The zero-order valence-electron chi connectivity index (χ0n) is 10.5. The van der Waals surface area contributed by atoms with Crippen LogP contribution in [0.5, 0.6) is 0 Å². The Morgan fingerprint density at radius 3 is 2.75 bits per heavy atom. The lowest BCUT2D eigenvalue weighted by Crippen LogP contribution is -2.02. The van der Waals surface area contributed by atoms with Gasteiger partial charge in [0.05, 0.1) is 27.4 Å². The summed E-state index contributed by atoms with van der Waals surface area (Å²) in [4.78, 5) is 7.18. The van der Waals surface area contributed by atoms with Crippen LogP contribution in [0.1, 0.15) is 6.42 Å². The van der Waals surface area contributed by atoms with Crippen molar-refractivity contribution < 1.29 is 0 Å². The van der Waals surface area contributed by atoms with Crippen molar-refractivity contribution in [3.05, 3.63) is 45.7 Å². The van der Waals surface area contributed by atoms with E-state index in [0.717, 1.165) is 30.5 Å². The first-order chi connectivity index (χ1) is 9.65. The van der Waals surface area contributed by atoms with Gasteiger partial charge in [0.25, 0.3) is 0 Å². The van der Waals surface area contributed by atoms with Crippen LogP contribution in [0, 0.1) is 4.77 Å². The third-order valence-corrected chi connectivity index (χ3v) is 4.22. The van der Waals surface area contributed by atoms with Crippen LogP contribution in [0.2, 0.25) is 10.0 Å². The van der Waals surface area contributed by atoms with Crippen molar-refractivity contribution in [3.8, 4) is 0 Å². The van der Waals surface area contributed by atoms with Crippen molar-refractivity contribution in [2.45, 2.75) is 19.5 Å². The highest BCUT2D eigenvalue weighted by Crippen LogP contribution is 2.27. The molecule has 2 aromatic heterocycles. The quantitative estimate of drug-likeness (QED) is 0.726. The highest BCUT2D eigenvalue weighted by molar-refractivity contribution is 7.71. The van der Waals surface area contributed by atoms with E-state index in [-0.39, 0.29) is 0 Å². The lowest BCUT2D eigenvalue weighted by molar-refractivity contribution is 0.568. The number of nitrogens with zero attached hydrogens (tertiary/aromatic N) is 3. The minimum absolute atomic E-state index is 0.529. The van der Waals surface area contributed by atoms with Gasteiger partial charge in [0.2, 0.25) is 0 Å². The van der Waals surface area contributed by atoms with Crippen molar-refractivity contribution in [1.29, 1.82) is 0 Å². The number of aromatic amines is 1. The van der Waals surface area contributed by atoms with Crippen LogP contribution in [-0.4, -0.2) is 19.1 Å². The average Bonchev–Trinajstić information content (AvgIpc) is 3.01. The molecule has 2 heterocycles. The Bertz CT molecular complexity index is 789. The Kier molecular flexibility index (Phi) is 3.83. The van der Waals surface area contributed by atoms with Crippen molar-refractivity contribution in [3.63, 3.8) is 0 Å². The summed E-state index contributed by atoms with van der Waals surface area (Å²) in [6.07, 6.45) is 6.49. The zero-order valence-corrected chi connectivity index (χ0v) is 12.8. The zero-order chi connectivity index (χ0) is 14.1. The fraction of sp³-hybridized carbons (Fsp3) is 0.231. The molecule has 1 aromatic carbocycles. The fourth-order valence-electron chi connectivity index (χ4n) is 2.20. The number of aromatic nitrogens is 4. The molecule has 0 saturated carbocycles. The molecule has 0 saturated heterocycles. The lowest BCUT2D eigenvalue weighted by atomic mass is 10.3. The normalized spacial score (nSPS) is 11.3. The number of benzene rings is 1. The van der Waals surface area contributed by atoms with Crippen LogP contribution in [0.4, 0.5) is 0 Å². The Balaban J connectivity index is 1.85. The minimum atomic E-state index is 0.529. The molecule has 0 aliphatic carbocycles. The predicted octanol–water partition coefficient (Wildman–Crippen LogP) is 4.29. The third kappa shape index (κ3) is 2.61. The molecule has 7 heteroatoms. The van der Waals surface area contributed by atoms with Gasteiger partial charge in [-0.1, -0.05) is 23.2 Å². The predicted molar refractivity (Wildman–Crippen MR) is 84.0 cm³/mol. The molecule has 1 N–H and O–H groups in total. The summed E-state index contributed by atoms with van der Waals surface area (Å²) in [6.45, 7) is 1.71. The van der Waals surface area contributed by atoms with Gasteiger partial charge < -0.3 is 14.1 Å². The number of nitrogens with one attached hydrogen (secondary N) is 1. The van der Waals surface area contributed by atoms with Gasteiger partial charge in [-0.3, -0.25) is 0 Å². The molecule has 0 bridgehead atoms. The number of halogens is 2. The number of fused-ring (bicyclic) bond motifs is 1. The first-order valence-electron chi connectivity index (χ1n) is 6.18. The number of rotatable bonds is 4. The van der Waals surface area contributed by atoms with Gasteiger partial charge in [-0.25, -0.2) is 4.98 Å². The molecule has 0 unspecified atom stereocenters. The second-order valence-electron chi connectivity index (χ2n) is 4.52. The van der Waals surface area contributed by atoms with E-state index in [4.69, 9.17) is 35.4 Å². The molecule has 0 amide bonds. The van der Waals surface area contributed by atoms with Crippen LogP contribution in [-0.2, 0) is 13.1 Å². The third-order valence-electron chi connectivity index (χ3n) is 3.17. The van der Waals surface area contributed by atoms with E-state index in [1.165, 1.54) is 0 Å². The van der Waals surface area contributed by atoms with E-state index in [2.05, 4.69) is 9.97 Å². The van der Waals surface area contributed by atoms with Gasteiger partial charge in [0.15, 0.2) is 4.77 Å². The van der Waals surface area contributed by atoms with Gasteiger partial charge in [0, 0.05) is 25.5 Å². The summed E-state index contributed by atoms with van der Waals surface area (Å²) in [5.74, 6) is 0. The summed E-state index contributed by atoms with van der Waals surface area (Å²) >= 11 is 17.4. The monoisotopic (exact) mass is 326 g/mol. The SMILES string of the molecule is S=c1[nH]c2cc(Cl)c(Cl)cc2n1CCCn1ccnc1. The van der Waals surface area contributed by atoms with Crippen molar-refractivity contribution in [2.24, 2.45) is 0 Å². The van der Waals surface area contributed by atoms with E-state index in [1.54, 1.807) is 12.3 Å². The van der Waals surface area contributed by atoms with E-state index in [1.807, 2.05) is 27.7 Å². The van der Waals surface area contributed by atoms with Crippen LogP contribution in [0.3, 0.4) is 0 Å². The van der Waals surface area contributed by atoms with Crippen molar-refractivity contribution >= 4 is 46.5 Å². The van der Waals surface area contributed by atoms with Crippen molar-refractivity contribution in [2.75, 3.05) is 0 Å². The molecule has 0 atom stereocenters. The fourth-order valence-corrected chi connectivity index (χ4v) is 2.83. The van der Waals surface area contributed by atoms with E-state index < -0.39 is 0 Å². The summed E-state index contributed by atoms with van der Waals surface area (Å²) in [6, 6.07) is 3.66. The lowest BCUT2D eigenvalue weighted by Gasteiger charge is -2.06. The number of aryl methyl sites for hydroxylation is 2. The largest absolute Gasteiger partial charge is 0.337 e. The standard InChI is InChI=1S/C13H12Cl2N4S/c14-9-6-11-12(7-10(9)15)19(13(20)17-11)4-1-3-18-5-2-16-8-18/h2,5-8H,1,3-4H2,(H,17,20). The number of hydrogen-bond acceptors (Lipinski definition) is 2. The Morgan fingerprint density at radius 1 is 1.20 bits per heavy atom. The van der Waals surface area contributed by atoms with Gasteiger partial charge >= 0.3 is 0 Å². The number of H-pyrrole nitrogens is 1. The van der Waals surface area contributed by atoms with Gasteiger partial charge in [-0.2, -0.15) is 0 Å². The maximum atomic E-state index is 6.08. The molecular formula is C13H12Cl2N4S. The van der Waals surface area contributed by atoms with Crippen LogP contribution in [0.15, 0.2) is 30.9 Å². The van der Waals surface area contributed by atoms with Gasteiger partial charge in [-0.15, -0.1) is 0 Å². The molecular weight excluding hydrogens is 315 g/mol. The molecule has 4 nitrogen and oxygen atoms in total. The maximum Gasteiger partial charge on any atom is 0.178 e. The molecule has 0 aliphatic rings. The van der Waals surface area contributed by atoms with E-state index in [9.17, 15) is 0 Å². The second kappa shape index (κ2) is 5.60. The smallest absolute Gasteiger partial charge is 0.178 e. The summed E-state index contributed by atoms with van der Waals surface area (Å²) in [5.41, 5.74) is 1.89. The topological polar surface area (TPSA) is 38.5 Å². The van der Waals surface area contributed by atoms with Crippen LogP contribution >= 0.6 is 35.4 Å². The average molecular weight is 327 g/mol. The summed E-state index contributed by atoms with van der Waals surface area (Å²) in [7, 11) is 0. The first kappa shape index (κ1) is 13.7. The van der Waals surface area contributed by atoms with Crippen LogP contribution < -0.4 is 0 Å². The Labute approximate surface area is 131 Å². The summed E-state index contributed by atoms with van der Waals surface area (Å²) in [5, 5.41) is 1.07. The van der Waals surface area contributed by atoms with E-state index >= 15 is 0 Å². The number of hydrogen-bond donors (Lipinski definition) is 1. The molecule has 3 aromatic rings. The Hall–Kier alpha value is -1.30. The first-order valence-corrected chi connectivity index (χ1v) is 7.35. The maximum absolute atomic E-state index is 6.08. The van der Waals surface area contributed by atoms with Crippen LogP contribution in [0.25, 0.3) is 11.0 Å². The molecule has 104 valence electrons. The molecule has 3 rings (SSSR count). The molecule has 0 fully saturated rings. The minimum Gasteiger partial charge on any atom is -0.337 e. The van der Waals surface area contributed by atoms with Gasteiger partial charge in [-0.05, 0) is 30.8 Å². The Morgan fingerprint density at radius 2 is 2.00 bits per heavy atom. The molecule has 0 aliphatic heterocycles. The molecule has 20 heavy (non-hydrogen) atoms. The van der Waals surface area contributed by atoms with E-state index in [0.29, 0.717) is 14.8 Å². The second-order valence-corrected chi connectivity index (χ2v) is 5.72.